The number of hydrogen-bond donors (Lipinski definition) is 1. The molecule has 0 aliphatic carbocycles. The van der Waals surface area contributed by atoms with Crippen LogP contribution in [-0.2, 0) is 14.3 Å². The van der Waals surface area contributed by atoms with Crippen LogP contribution in [-0.4, -0.2) is 18.5 Å². The third-order valence-corrected chi connectivity index (χ3v) is 3.59. The fourth-order valence-electron chi connectivity index (χ4n) is 2.36. The van der Waals surface area contributed by atoms with Gasteiger partial charge in [0.15, 0.2) is 0 Å². The van der Waals surface area contributed by atoms with Gasteiger partial charge in [0.2, 0.25) is 5.91 Å². The van der Waals surface area contributed by atoms with Crippen LogP contribution in [0.1, 0.15) is 26.7 Å². The molecule has 4 heteroatoms. The Kier molecular flexibility index (Phi) is 6.55. The number of carbonyl (C=O) groups excluding carboxylic acids is 2. The average molecular weight is 325 g/mol. The first-order chi connectivity index (χ1) is 11.6. The summed E-state index contributed by atoms with van der Waals surface area (Å²) in [5.41, 5.74) is 0.716. The summed E-state index contributed by atoms with van der Waals surface area (Å²) in [6.07, 6.45) is 4.21. The number of hydrogen-bond acceptors (Lipinski definition) is 3. The number of amides is 1. The summed E-state index contributed by atoms with van der Waals surface area (Å²) in [6.45, 7) is 4.63. The molecule has 0 aromatic heterocycles. The molecule has 0 atom stereocenters. The molecule has 0 saturated carbocycles. The van der Waals surface area contributed by atoms with Crippen molar-refractivity contribution in [2.75, 3.05) is 11.9 Å². The summed E-state index contributed by atoms with van der Waals surface area (Å²) in [5.74, 6) is -0.261. The molecule has 0 spiro atoms. The number of ether oxygens (including phenoxy) is 1. The van der Waals surface area contributed by atoms with E-state index in [4.69, 9.17) is 4.74 Å². The van der Waals surface area contributed by atoms with Crippen molar-refractivity contribution in [1.82, 2.24) is 0 Å². The Morgan fingerprint density at radius 1 is 1.08 bits per heavy atom. The lowest BCUT2D eigenvalue weighted by Crippen LogP contribution is -2.10. The fourth-order valence-corrected chi connectivity index (χ4v) is 2.36. The van der Waals surface area contributed by atoms with Gasteiger partial charge in [-0.15, -0.1) is 0 Å². The molecule has 24 heavy (non-hydrogen) atoms. The van der Waals surface area contributed by atoms with Crippen LogP contribution in [0.5, 0.6) is 0 Å². The van der Waals surface area contributed by atoms with Crippen molar-refractivity contribution in [3.63, 3.8) is 0 Å². The molecule has 1 N–H and O–H groups in total. The number of benzene rings is 2. The molecule has 0 aliphatic heterocycles. The SMILES string of the molecule is CC(C)CCCOC(=O)/C=C/C(=O)Nc1cccc2ccccc12. The highest BCUT2D eigenvalue weighted by Crippen LogP contribution is 2.22. The first-order valence-corrected chi connectivity index (χ1v) is 8.20. The normalized spacial score (nSPS) is 11.1. The molecule has 0 saturated heterocycles. The molecule has 0 fully saturated rings. The van der Waals surface area contributed by atoms with Crippen molar-refractivity contribution in [3.8, 4) is 0 Å². The molecule has 0 radical (unpaired) electrons. The van der Waals surface area contributed by atoms with Crippen molar-refractivity contribution in [3.05, 3.63) is 54.6 Å². The zero-order chi connectivity index (χ0) is 17.4. The van der Waals surface area contributed by atoms with Gasteiger partial charge in [0.1, 0.15) is 0 Å². The Morgan fingerprint density at radius 3 is 2.62 bits per heavy atom. The molecular weight excluding hydrogens is 302 g/mol. The highest BCUT2D eigenvalue weighted by molar-refractivity contribution is 6.07. The van der Waals surface area contributed by atoms with Crippen molar-refractivity contribution in [2.45, 2.75) is 26.7 Å². The monoisotopic (exact) mass is 325 g/mol. The van der Waals surface area contributed by atoms with E-state index in [1.54, 1.807) is 0 Å². The number of anilines is 1. The molecule has 1 amide bonds. The quantitative estimate of drug-likeness (QED) is 0.469. The van der Waals surface area contributed by atoms with E-state index in [1.165, 1.54) is 6.08 Å². The standard InChI is InChI=1S/C20H23NO3/c1-15(2)7-6-14-24-20(23)13-12-19(22)21-18-11-5-9-16-8-3-4-10-17(16)18/h3-5,8-13,15H,6-7,14H2,1-2H3,(H,21,22)/b13-12+. The van der Waals surface area contributed by atoms with Crippen LogP contribution < -0.4 is 5.32 Å². The molecule has 126 valence electrons. The maximum absolute atomic E-state index is 12.0. The minimum Gasteiger partial charge on any atom is -0.463 e. The second-order valence-electron chi connectivity index (χ2n) is 6.05. The first kappa shape index (κ1) is 17.7. The van der Waals surface area contributed by atoms with E-state index in [-0.39, 0.29) is 5.91 Å². The van der Waals surface area contributed by atoms with E-state index in [0.717, 1.165) is 29.7 Å². The Hall–Kier alpha value is -2.62. The molecule has 2 aromatic rings. The summed E-state index contributed by atoms with van der Waals surface area (Å²) < 4.78 is 5.06. The highest BCUT2D eigenvalue weighted by atomic mass is 16.5. The van der Waals surface area contributed by atoms with E-state index >= 15 is 0 Å². The minimum absolute atomic E-state index is 0.356. The molecular formula is C20H23NO3. The molecule has 0 bridgehead atoms. The predicted molar refractivity (Wildman–Crippen MR) is 96.7 cm³/mol. The van der Waals surface area contributed by atoms with Crippen LogP contribution in [0.4, 0.5) is 5.69 Å². The van der Waals surface area contributed by atoms with Crippen molar-refractivity contribution < 1.29 is 14.3 Å². The highest BCUT2D eigenvalue weighted by Gasteiger charge is 2.04. The molecule has 0 aliphatic rings. The van der Waals surface area contributed by atoms with Crippen molar-refractivity contribution in [1.29, 1.82) is 0 Å². The van der Waals surface area contributed by atoms with Gasteiger partial charge in [0.05, 0.1) is 6.61 Å². The van der Waals surface area contributed by atoms with E-state index in [2.05, 4.69) is 19.2 Å². The van der Waals surface area contributed by atoms with Gasteiger partial charge >= 0.3 is 5.97 Å². The number of esters is 1. The zero-order valence-electron chi connectivity index (χ0n) is 14.1. The molecule has 4 nitrogen and oxygen atoms in total. The maximum atomic E-state index is 12.0. The van der Waals surface area contributed by atoms with Gasteiger partial charge in [0, 0.05) is 23.2 Å². The summed E-state index contributed by atoms with van der Waals surface area (Å²) >= 11 is 0. The molecule has 2 rings (SSSR count). The van der Waals surface area contributed by atoms with Crippen LogP contribution in [0.2, 0.25) is 0 Å². The maximum Gasteiger partial charge on any atom is 0.330 e. The summed E-state index contributed by atoms with van der Waals surface area (Å²) in [4.78, 5) is 23.5. The Balaban J connectivity index is 1.87. The smallest absolute Gasteiger partial charge is 0.330 e. The van der Waals surface area contributed by atoms with Gasteiger partial charge in [-0.05, 0) is 30.2 Å². The second-order valence-corrected chi connectivity index (χ2v) is 6.05. The predicted octanol–water partition coefficient (Wildman–Crippen LogP) is 4.31. The number of rotatable bonds is 7. The van der Waals surface area contributed by atoms with Crippen molar-refractivity contribution in [2.24, 2.45) is 5.92 Å². The summed E-state index contributed by atoms with van der Waals surface area (Å²) in [6, 6.07) is 13.5. The Labute approximate surface area is 142 Å². The average Bonchev–Trinajstić information content (AvgIpc) is 2.57. The van der Waals surface area contributed by atoms with Crippen molar-refractivity contribution >= 4 is 28.3 Å². The van der Waals surface area contributed by atoms with Gasteiger partial charge in [-0.3, -0.25) is 4.79 Å². The van der Waals surface area contributed by atoms with Gasteiger partial charge in [-0.25, -0.2) is 4.79 Å². The van der Waals surface area contributed by atoms with Crippen LogP contribution in [0.25, 0.3) is 10.8 Å². The number of carbonyl (C=O) groups is 2. The molecule has 0 heterocycles. The van der Waals surface area contributed by atoms with Crippen LogP contribution >= 0.6 is 0 Å². The van der Waals surface area contributed by atoms with Gasteiger partial charge in [-0.1, -0.05) is 50.2 Å². The largest absolute Gasteiger partial charge is 0.463 e. The molecule has 0 unspecified atom stereocenters. The topological polar surface area (TPSA) is 55.4 Å². The first-order valence-electron chi connectivity index (χ1n) is 8.20. The number of nitrogens with one attached hydrogen (secondary N) is 1. The zero-order valence-corrected chi connectivity index (χ0v) is 14.1. The lowest BCUT2D eigenvalue weighted by molar-refractivity contribution is -0.138. The lowest BCUT2D eigenvalue weighted by Gasteiger charge is -2.07. The fraction of sp³-hybridized carbons (Fsp3) is 0.300. The molecule has 2 aromatic carbocycles. The third-order valence-electron chi connectivity index (χ3n) is 3.59. The third kappa shape index (κ3) is 5.54. The Bertz CT molecular complexity index is 729. The van der Waals surface area contributed by atoms with Crippen LogP contribution in [0, 0.1) is 5.92 Å². The second kappa shape index (κ2) is 8.87. The van der Waals surface area contributed by atoms with Crippen LogP contribution in [0.3, 0.4) is 0 Å². The Morgan fingerprint density at radius 2 is 1.83 bits per heavy atom. The van der Waals surface area contributed by atoms with E-state index in [1.807, 2.05) is 42.5 Å². The van der Waals surface area contributed by atoms with E-state index < -0.39 is 5.97 Å². The number of fused-ring (bicyclic) bond motifs is 1. The minimum atomic E-state index is -0.494. The van der Waals surface area contributed by atoms with E-state index in [0.29, 0.717) is 18.2 Å². The van der Waals surface area contributed by atoms with E-state index in [9.17, 15) is 9.59 Å². The van der Waals surface area contributed by atoms with Crippen LogP contribution in [0.15, 0.2) is 54.6 Å². The van der Waals surface area contributed by atoms with Gasteiger partial charge in [-0.2, -0.15) is 0 Å². The summed E-state index contributed by atoms with van der Waals surface area (Å²) in [7, 11) is 0. The van der Waals surface area contributed by atoms with Gasteiger partial charge in [0.25, 0.3) is 0 Å². The summed E-state index contributed by atoms with van der Waals surface area (Å²) in [5, 5.41) is 4.79. The lowest BCUT2D eigenvalue weighted by atomic mass is 10.1. The van der Waals surface area contributed by atoms with Gasteiger partial charge < -0.3 is 10.1 Å².